The van der Waals surface area contributed by atoms with Crippen molar-refractivity contribution >= 4 is 12.6 Å². The summed E-state index contributed by atoms with van der Waals surface area (Å²) in [4.78, 5) is 0. The first kappa shape index (κ1) is 5.28. The number of hydrogen-bond acceptors (Lipinski definition) is 2. The van der Waals surface area contributed by atoms with Crippen molar-refractivity contribution in [3.8, 4) is 0 Å². The van der Waals surface area contributed by atoms with Gasteiger partial charge in [0.2, 0.25) is 0 Å². The Morgan fingerprint density at radius 3 is 3.00 bits per heavy atom. The first-order valence-corrected chi connectivity index (χ1v) is 2.70. The molecule has 1 saturated heterocycles. The van der Waals surface area contributed by atoms with E-state index in [0.29, 0.717) is 0 Å². The summed E-state index contributed by atoms with van der Waals surface area (Å²) in [6.45, 7) is 4.28. The molecule has 0 amide bonds. The lowest BCUT2D eigenvalue weighted by Crippen LogP contribution is -2.13. The van der Waals surface area contributed by atoms with Crippen LogP contribution in [0.4, 0.5) is 0 Å². The molecule has 1 aliphatic heterocycles. The van der Waals surface area contributed by atoms with E-state index in [0.717, 1.165) is 18.8 Å². The largest absolute Gasteiger partial charge is 0.372 e. The van der Waals surface area contributed by atoms with Gasteiger partial charge in [0, 0.05) is 19.7 Å². The van der Waals surface area contributed by atoms with Crippen molar-refractivity contribution in [2.45, 2.75) is 12.8 Å². The Balaban J connectivity index is 2.44. The van der Waals surface area contributed by atoms with Crippen LogP contribution in [0.1, 0.15) is 12.8 Å². The number of amidine groups is 1. The van der Waals surface area contributed by atoms with Gasteiger partial charge in [-0.2, -0.15) is 5.10 Å². The van der Waals surface area contributed by atoms with Gasteiger partial charge in [-0.1, -0.05) is 0 Å². The van der Waals surface area contributed by atoms with Crippen molar-refractivity contribution in [2.24, 2.45) is 10.2 Å². The summed E-state index contributed by atoms with van der Waals surface area (Å²) in [5.74, 6) is 0.972. The summed E-state index contributed by atoms with van der Waals surface area (Å²) >= 11 is 0. The van der Waals surface area contributed by atoms with Gasteiger partial charge < -0.3 is 5.32 Å². The van der Waals surface area contributed by atoms with E-state index >= 15 is 0 Å². The molecule has 0 aromatic carbocycles. The van der Waals surface area contributed by atoms with E-state index in [-0.39, 0.29) is 0 Å². The fourth-order valence-electron chi connectivity index (χ4n) is 0.748. The molecule has 44 valence electrons. The highest BCUT2D eigenvalue weighted by Crippen LogP contribution is 1.97. The Labute approximate surface area is 48.5 Å². The molecule has 8 heavy (non-hydrogen) atoms. The quantitative estimate of drug-likeness (QED) is 0.385. The fraction of sp³-hybridized carbons (Fsp3) is 0.600. The minimum Gasteiger partial charge on any atom is -0.372 e. The van der Waals surface area contributed by atoms with Crippen LogP contribution in [0.2, 0.25) is 0 Å². The topological polar surface area (TPSA) is 36.8 Å². The van der Waals surface area contributed by atoms with Gasteiger partial charge >= 0.3 is 0 Å². The highest BCUT2D eigenvalue weighted by atomic mass is 15.2. The minimum absolute atomic E-state index is 0.972. The number of nitrogens with zero attached hydrogens (tertiary/aromatic N) is 2. The molecule has 0 saturated carbocycles. The zero-order valence-corrected chi connectivity index (χ0v) is 4.72. The predicted octanol–water partition coefficient (Wildman–Crippen LogP) is 0.384. The Bertz CT molecular complexity index is 109. The first-order chi connectivity index (χ1) is 3.93. The monoisotopic (exact) mass is 111 g/mol. The van der Waals surface area contributed by atoms with E-state index in [1.807, 2.05) is 0 Å². The number of rotatable bonds is 1. The average molecular weight is 111 g/mol. The minimum atomic E-state index is 0.972. The van der Waals surface area contributed by atoms with E-state index in [9.17, 15) is 0 Å². The average Bonchev–Trinajstić information content (AvgIpc) is 2.19. The molecule has 3 nitrogen and oxygen atoms in total. The van der Waals surface area contributed by atoms with Crippen molar-refractivity contribution in [2.75, 3.05) is 6.54 Å². The molecular formula is C5H9N3. The Morgan fingerprint density at radius 2 is 2.50 bits per heavy atom. The molecule has 1 fully saturated rings. The van der Waals surface area contributed by atoms with Gasteiger partial charge in [-0.3, -0.25) is 0 Å². The van der Waals surface area contributed by atoms with E-state index in [2.05, 4.69) is 22.2 Å². The van der Waals surface area contributed by atoms with Gasteiger partial charge in [-0.25, -0.2) is 0 Å². The summed E-state index contributed by atoms with van der Waals surface area (Å²) < 4.78 is 0. The number of hydrogen-bond donors (Lipinski definition) is 1. The van der Waals surface area contributed by atoms with Crippen LogP contribution in [-0.2, 0) is 0 Å². The van der Waals surface area contributed by atoms with E-state index in [4.69, 9.17) is 0 Å². The highest BCUT2D eigenvalue weighted by Gasteiger charge is 2.04. The SMILES string of the molecule is C=NN=C1CCCN1. The maximum absolute atomic E-state index is 3.74. The van der Waals surface area contributed by atoms with Gasteiger partial charge in [-0.05, 0) is 6.42 Å². The van der Waals surface area contributed by atoms with Gasteiger partial charge in [0.25, 0.3) is 0 Å². The van der Waals surface area contributed by atoms with Gasteiger partial charge in [0.1, 0.15) is 5.84 Å². The summed E-state index contributed by atoms with van der Waals surface area (Å²) in [6.07, 6.45) is 2.20. The molecule has 0 atom stereocenters. The third-order valence-electron chi connectivity index (χ3n) is 1.11. The summed E-state index contributed by atoms with van der Waals surface area (Å²) in [6, 6.07) is 0. The van der Waals surface area contributed by atoms with Crippen LogP contribution in [0.15, 0.2) is 10.2 Å². The van der Waals surface area contributed by atoms with Crippen LogP contribution < -0.4 is 5.32 Å². The predicted molar refractivity (Wildman–Crippen MR) is 34.2 cm³/mol. The van der Waals surface area contributed by atoms with Crippen LogP contribution in [0.5, 0.6) is 0 Å². The Hall–Kier alpha value is -0.860. The van der Waals surface area contributed by atoms with Gasteiger partial charge in [0.15, 0.2) is 0 Å². The van der Waals surface area contributed by atoms with Crippen molar-refractivity contribution in [3.05, 3.63) is 0 Å². The van der Waals surface area contributed by atoms with Crippen LogP contribution in [0.3, 0.4) is 0 Å². The van der Waals surface area contributed by atoms with E-state index in [1.54, 1.807) is 0 Å². The van der Waals surface area contributed by atoms with Crippen molar-refractivity contribution in [3.63, 3.8) is 0 Å². The zero-order valence-electron chi connectivity index (χ0n) is 4.72. The molecule has 0 unspecified atom stereocenters. The molecule has 1 heterocycles. The maximum atomic E-state index is 3.74. The molecule has 1 rings (SSSR count). The fourth-order valence-corrected chi connectivity index (χ4v) is 0.748. The van der Waals surface area contributed by atoms with Crippen molar-refractivity contribution in [1.82, 2.24) is 5.32 Å². The Morgan fingerprint density at radius 1 is 1.62 bits per heavy atom. The second kappa shape index (κ2) is 2.45. The van der Waals surface area contributed by atoms with E-state index in [1.165, 1.54) is 6.42 Å². The molecule has 0 aromatic heterocycles. The van der Waals surface area contributed by atoms with Gasteiger partial charge in [-0.15, -0.1) is 5.10 Å². The van der Waals surface area contributed by atoms with Crippen LogP contribution in [0.25, 0.3) is 0 Å². The second-order valence-corrected chi connectivity index (χ2v) is 1.72. The van der Waals surface area contributed by atoms with Crippen LogP contribution in [-0.4, -0.2) is 19.1 Å². The first-order valence-electron chi connectivity index (χ1n) is 2.70. The lowest BCUT2D eigenvalue weighted by atomic mass is 10.4. The molecule has 3 heteroatoms. The van der Waals surface area contributed by atoms with Gasteiger partial charge in [0.05, 0.1) is 0 Å². The maximum Gasteiger partial charge on any atom is 0.124 e. The second-order valence-electron chi connectivity index (χ2n) is 1.72. The molecule has 1 aliphatic rings. The van der Waals surface area contributed by atoms with Crippen LogP contribution >= 0.6 is 0 Å². The van der Waals surface area contributed by atoms with E-state index < -0.39 is 0 Å². The molecule has 1 N–H and O–H groups in total. The molecule has 0 aromatic rings. The van der Waals surface area contributed by atoms with Crippen molar-refractivity contribution < 1.29 is 0 Å². The normalized spacial score (nSPS) is 23.2. The highest BCUT2D eigenvalue weighted by molar-refractivity contribution is 5.83. The molecule has 0 aliphatic carbocycles. The third kappa shape index (κ3) is 1.05. The summed E-state index contributed by atoms with van der Waals surface area (Å²) in [5, 5.41) is 10.2. The summed E-state index contributed by atoms with van der Waals surface area (Å²) in [7, 11) is 0. The lowest BCUT2D eigenvalue weighted by molar-refractivity contribution is 0.912. The third-order valence-corrected chi connectivity index (χ3v) is 1.11. The molecular weight excluding hydrogens is 102 g/mol. The summed E-state index contributed by atoms with van der Waals surface area (Å²) in [5.41, 5.74) is 0. The van der Waals surface area contributed by atoms with Crippen LogP contribution in [0, 0.1) is 0 Å². The lowest BCUT2D eigenvalue weighted by Gasteiger charge is -1.89. The molecule has 0 radical (unpaired) electrons. The zero-order chi connectivity index (χ0) is 5.82. The molecule has 0 spiro atoms. The Kier molecular flexibility index (Phi) is 1.62. The smallest absolute Gasteiger partial charge is 0.124 e. The van der Waals surface area contributed by atoms with Crippen molar-refractivity contribution in [1.29, 1.82) is 0 Å². The standard InChI is InChI=1S/C5H9N3/c1-6-8-5-3-2-4-7-5/h1-4H2,(H,7,8). The molecule has 0 bridgehead atoms. The number of nitrogens with one attached hydrogen (secondary N) is 1.